The number of hydrogen-bond donors (Lipinski definition) is 2. The van der Waals surface area contributed by atoms with E-state index < -0.39 is 0 Å². The smallest absolute Gasteiger partial charge is 0.0720 e. The number of halogens is 4. The quantitative estimate of drug-likeness (QED) is 0.508. The molecule has 0 aliphatic carbocycles. The van der Waals surface area contributed by atoms with Crippen LogP contribution in [0.25, 0.3) is 10.9 Å². The second-order valence-corrected chi connectivity index (χ2v) is 7.61. The first-order valence-electron chi connectivity index (χ1n) is 8.16. The Morgan fingerprint density at radius 1 is 1.00 bits per heavy atom. The molecule has 146 valence electrons. The zero-order valence-corrected chi connectivity index (χ0v) is 18.2. The zero-order chi connectivity index (χ0) is 18.0. The molecule has 2 aromatic carbocycles. The third-order valence-electron chi connectivity index (χ3n) is 4.51. The van der Waals surface area contributed by atoms with Crippen molar-refractivity contribution >= 4 is 58.9 Å². The van der Waals surface area contributed by atoms with Crippen LogP contribution >= 0.6 is 48.0 Å². The molecule has 0 fully saturated rings. The predicted octanol–water partition coefficient (Wildman–Crippen LogP) is 5.95. The maximum absolute atomic E-state index is 6.62. The number of nitrogens with zero attached hydrogens (tertiary/aromatic N) is 1. The fourth-order valence-electron chi connectivity index (χ4n) is 2.85. The number of pyridine rings is 1. The third kappa shape index (κ3) is 5.71. The van der Waals surface area contributed by atoms with E-state index in [1.807, 2.05) is 48.5 Å². The SMILES string of the molecule is CC(C)(NCc1ccc(Cl)cc1)C(N)c1ccnc2cc(Cl)ccc12.Cl.Cl. The van der Waals surface area contributed by atoms with Crippen molar-refractivity contribution in [3.8, 4) is 0 Å². The monoisotopic (exact) mass is 445 g/mol. The van der Waals surface area contributed by atoms with Crippen LogP contribution in [0, 0.1) is 0 Å². The van der Waals surface area contributed by atoms with Gasteiger partial charge < -0.3 is 11.1 Å². The van der Waals surface area contributed by atoms with Crippen LogP contribution in [0.5, 0.6) is 0 Å². The van der Waals surface area contributed by atoms with Crippen LogP contribution in [-0.4, -0.2) is 10.5 Å². The number of nitrogens with one attached hydrogen (secondary N) is 1. The summed E-state index contributed by atoms with van der Waals surface area (Å²) in [7, 11) is 0. The van der Waals surface area contributed by atoms with Gasteiger partial charge in [0.05, 0.1) is 5.52 Å². The highest BCUT2D eigenvalue weighted by Gasteiger charge is 2.28. The molecule has 0 saturated heterocycles. The number of aromatic nitrogens is 1. The Kier molecular flexibility index (Phi) is 8.81. The highest BCUT2D eigenvalue weighted by atomic mass is 35.5. The lowest BCUT2D eigenvalue weighted by molar-refractivity contribution is 0.322. The minimum Gasteiger partial charge on any atom is -0.322 e. The van der Waals surface area contributed by atoms with Crippen molar-refractivity contribution in [1.29, 1.82) is 0 Å². The lowest BCUT2D eigenvalue weighted by Crippen LogP contribution is -2.48. The number of fused-ring (bicyclic) bond motifs is 1. The first-order valence-corrected chi connectivity index (χ1v) is 8.91. The maximum Gasteiger partial charge on any atom is 0.0720 e. The number of rotatable bonds is 5. The van der Waals surface area contributed by atoms with Gasteiger partial charge in [0.1, 0.15) is 0 Å². The molecule has 0 aliphatic heterocycles. The molecule has 0 spiro atoms. The van der Waals surface area contributed by atoms with E-state index in [9.17, 15) is 0 Å². The Hall–Kier alpha value is -1.07. The normalized spacial score (nSPS) is 12.2. The van der Waals surface area contributed by atoms with E-state index in [0.29, 0.717) is 11.6 Å². The second kappa shape index (κ2) is 9.92. The molecule has 7 heteroatoms. The van der Waals surface area contributed by atoms with Gasteiger partial charge in [0.25, 0.3) is 0 Å². The lowest BCUT2D eigenvalue weighted by atomic mass is 9.87. The number of hydrogen-bond acceptors (Lipinski definition) is 3. The van der Waals surface area contributed by atoms with Crippen LogP contribution in [-0.2, 0) is 6.54 Å². The summed E-state index contributed by atoms with van der Waals surface area (Å²) in [5, 5.41) is 5.99. The Morgan fingerprint density at radius 3 is 2.30 bits per heavy atom. The number of nitrogens with two attached hydrogens (primary N) is 1. The van der Waals surface area contributed by atoms with Gasteiger partial charge in [0.2, 0.25) is 0 Å². The summed E-state index contributed by atoms with van der Waals surface area (Å²) in [5.41, 5.74) is 9.38. The molecule has 0 bridgehead atoms. The Morgan fingerprint density at radius 2 is 1.63 bits per heavy atom. The minimum absolute atomic E-state index is 0. The summed E-state index contributed by atoms with van der Waals surface area (Å²) in [5.74, 6) is 0. The van der Waals surface area contributed by atoms with Gasteiger partial charge in [-0.3, -0.25) is 4.98 Å². The molecule has 1 unspecified atom stereocenters. The van der Waals surface area contributed by atoms with Gasteiger partial charge in [0.15, 0.2) is 0 Å². The van der Waals surface area contributed by atoms with E-state index >= 15 is 0 Å². The van der Waals surface area contributed by atoms with E-state index in [4.69, 9.17) is 28.9 Å². The fourth-order valence-corrected chi connectivity index (χ4v) is 3.14. The fraction of sp³-hybridized carbons (Fsp3) is 0.250. The van der Waals surface area contributed by atoms with Crippen LogP contribution in [0.3, 0.4) is 0 Å². The van der Waals surface area contributed by atoms with Crippen molar-refractivity contribution in [2.45, 2.75) is 32.0 Å². The highest BCUT2D eigenvalue weighted by molar-refractivity contribution is 6.31. The molecule has 0 radical (unpaired) electrons. The minimum atomic E-state index is -0.312. The van der Waals surface area contributed by atoms with E-state index in [1.54, 1.807) is 6.20 Å². The molecular weight excluding hydrogens is 424 g/mol. The lowest BCUT2D eigenvalue weighted by Gasteiger charge is -2.34. The molecule has 0 aliphatic rings. The van der Waals surface area contributed by atoms with Crippen molar-refractivity contribution in [1.82, 2.24) is 10.3 Å². The Labute approximate surface area is 182 Å². The van der Waals surface area contributed by atoms with Gasteiger partial charge in [-0.25, -0.2) is 0 Å². The van der Waals surface area contributed by atoms with Crippen LogP contribution in [0.4, 0.5) is 0 Å². The molecule has 0 amide bonds. The Balaban J connectivity index is 0.00000182. The summed E-state index contributed by atoms with van der Waals surface area (Å²) < 4.78 is 0. The van der Waals surface area contributed by atoms with Gasteiger partial charge in [-0.1, -0.05) is 41.4 Å². The van der Waals surface area contributed by atoms with Crippen LogP contribution < -0.4 is 11.1 Å². The average Bonchev–Trinajstić information content (AvgIpc) is 2.60. The van der Waals surface area contributed by atoms with Gasteiger partial charge in [-0.15, -0.1) is 24.8 Å². The molecule has 3 N–H and O–H groups in total. The molecule has 3 aromatic rings. The van der Waals surface area contributed by atoms with Gasteiger partial charge in [-0.05, 0) is 55.3 Å². The maximum atomic E-state index is 6.62. The molecule has 3 nitrogen and oxygen atoms in total. The Bertz CT molecular complexity index is 882. The van der Waals surface area contributed by atoms with Crippen molar-refractivity contribution in [3.05, 3.63) is 75.9 Å². The van der Waals surface area contributed by atoms with Crippen LogP contribution in [0.15, 0.2) is 54.7 Å². The summed E-state index contributed by atoms with van der Waals surface area (Å²) in [6.07, 6.45) is 1.78. The van der Waals surface area contributed by atoms with Gasteiger partial charge in [0, 0.05) is 39.8 Å². The zero-order valence-electron chi connectivity index (χ0n) is 15.1. The van der Waals surface area contributed by atoms with E-state index in [1.165, 1.54) is 0 Å². The van der Waals surface area contributed by atoms with Crippen molar-refractivity contribution in [3.63, 3.8) is 0 Å². The van der Waals surface area contributed by atoms with Gasteiger partial charge in [-0.2, -0.15) is 0 Å². The van der Waals surface area contributed by atoms with E-state index in [0.717, 1.165) is 27.1 Å². The van der Waals surface area contributed by atoms with E-state index in [-0.39, 0.29) is 36.4 Å². The number of benzene rings is 2. The largest absolute Gasteiger partial charge is 0.322 e. The first-order chi connectivity index (χ1) is 11.9. The second-order valence-electron chi connectivity index (χ2n) is 6.74. The van der Waals surface area contributed by atoms with Crippen molar-refractivity contribution < 1.29 is 0 Å². The molecular formula is C20H23Cl4N3. The van der Waals surface area contributed by atoms with Crippen LogP contribution in [0.1, 0.15) is 31.0 Å². The van der Waals surface area contributed by atoms with E-state index in [2.05, 4.69) is 24.1 Å². The topological polar surface area (TPSA) is 50.9 Å². The molecule has 3 rings (SSSR count). The van der Waals surface area contributed by atoms with Crippen molar-refractivity contribution in [2.75, 3.05) is 0 Å². The van der Waals surface area contributed by atoms with Crippen LogP contribution in [0.2, 0.25) is 10.0 Å². The molecule has 0 saturated carbocycles. The first kappa shape index (κ1) is 24.0. The van der Waals surface area contributed by atoms with Gasteiger partial charge >= 0.3 is 0 Å². The molecule has 1 aromatic heterocycles. The summed E-state index contributed by atoms with van der Waals surface area (Å²) in [4.78, 5) is 4.40. The predicted molar refractivity (Wildman–Crippen MR) is 121 cm³/mol. The van der Waals surface area contributed by atoms with Crippen molar-refractivity contribution in [2.24, 2.45) is 5.73 Å². The molecule has 1 heterocycles. The third-order valence-corrected chi connectivity index (χ3v) is 5.00. The summed E-state index contributed by atoms with van der Waals surface area (Å²) >= 11 is 12.0. The summed E-state index contributed by atoms with van der Waals surface area (Å²) in [6.45, 7) is 4.93. The molecule has 1 atom stereocenters. The summed E-state index contributed by atoms with van der Waals surface area (Å²) in [6, 6.07) is 15.3. The average molecular weight is 447 g/mol. The highest BCUT2D eigenvalue weighted by Crippen LogP contribution is 2.30. The molecule has 27 heavy (non-hydrogen) atoms. The standard InChI is InChI=1S/C20H21Cl2N3.2ClH/c1-20(2,25-12-13-3-5-14(21)6-4-13)19(23)17-9-10-24-18-11-15(22)7-8-16(17)18;;/h3-11,19,25H,12,23H2,1-2H3;2*1H.